The van der Waals surface area contributed by atoms with Crippen molar-refractivity contribution in [1.29, 1.82) is 5.41 Å². The fourth-order valence-electron chi connectivity index (χ4n) is 0.847. The van der Waals surface area contributed by atoms with E-state index in [-0.39, 0.29) is 17.6 Å². The lowest BCUT2D eigenvalue weighted by molar-refractivity contribution is 0.341. The van der Waals surface area contributed by atoms with Gasteiger partial charge in [0.2, 0.25) is 0 Å². The van der Waals surface area contributed by atoms with Gasteiger partial charge < -0.3 is 15.2 Å². The summed E-state index contributed by atoms with van der Waals surface area (Å²) in [5, 5.41) is 14.9. The molecule has 0 bridgehead atoms. The lowest BCUT2D eigenvalue weighted by Gasteiger charge is -2.08. The molecule has 1 heterocycles. The number of hydrogen-bond acceptors (Lipinski definition) is 6. The number of nitrogens with two attached hydrogens (primary N) is 1. The molecule has 8 heteroatoms. The van der Waals surface area contributed by atoms with Crippen LogP contribution in [-0.2, 0) is 0 Å². The van der Waals surface area contributed by atoms with Crippen molar-refractivity contribution >= 4 is 29.3 Å². The molecule has 0 fully saturated rings. The number of ether oxygens (including phenoxy) is 2. The Morgan fingerprint density at radius 3 is 2.60 bits per heavy atom. The molecule has 0 saturated heterocycles. The summed E-state index contributed by atoms with van der Waals surface area (Å²) < 4.78 is 10.1. The summed E-state index contributed by atoms with van der Waals surface area (Å²) in [6, 6.07) is 0. The second-order valence-electron chi connectivity index (χ2n) is 2.22. The van der Waals surface area contributed by atoms with Crippen molar-refractivity contribution in [1.82, 2.24) is 10.2 Å². The molecule has 0 aliphatic rings. The van der Waals surface area contributed by atoms with Crippen LogP contribution in [0.25, 0.3) is 0 Å². The molecule has 3 N–H and O–H groups in total. The van der Waals surface area contributed by atoms with Gasteiger partial charge in [-0.05, 0) is 11.8 Å². The predicted molar refractivity (Wildman–Crippen MR) is 60.2 cm³/mol. The minimum absolute atomic E-state index is 0. The van der Waals surface area contributed by atoms with Gasteiger partial charge in [0.15, 0.2) is 21.7 Å². The van der Waals surface area contributed by atoms with Gasteiger partial charge in [-0.2, -0.15) is 5.10 Å². The van der Waals surface area contributed by atoms with E-state index in [9.17, 15) is 0 Å². The first-order valence-electron chi connectivity index (χ1n) is 3.64. The third-order valence-corrected chi connectivity index (χ3v) is 2.05. The highest BCUT2D eigenvalue weighted by atomic mass is 35.5. The van der Waals surface area contributed by atoms with Gasteiger partial charge in [0.25, 0.3) is 0 Å². The van der Waals surface area contributed by atoms with Crippen LogP contribution < -0.4 is 15.2 Å². The summed E-state index contributed by atoms with van der Waals surface area (Å²) in [6.45, 7) is 0. The predicted octanol–water partition coefficient (Wildman–Crippen LogP) is 0.901. The summed E-state index contributed by atoms with van der Waals surface area (Å²) in [5.74, 6) is 0.897. The van der Waals surface area contributed by atoms with Gasteiger partial charge in [0.05, 0.1) is 20.4 Å². The lowest BCUT2D eigenvalue weighted by Crippen LogP contribution is -2.05. The number of methoxy groups -OCH3 is 2. The zero-order chi connectivity index (χ0) is 10.6. The zero-order valence-electron chi connectivity index (χ0n) is 8.18. The fraction of sp³-hybridized carbons (Fsp3) is 0.286. The van der Waals surface area contributed by atoms with Crippen LogP contribution in [-0.4, -0.2) is 29.6 Å². The van der Waals surface area contributed by atoms with Gasteiger partial charge in [0.1, 0.15) is 0 Å². The van der Waals surface area contributed by atoms with Crippen LogP contribution in [0.5, 0.6) is 11.5 Å². The summed E-state index contributed by atoms with van der Waals surface area (Å²) in [4.78, 5) is 0. The second-order valence-corrected chi connectivity index (χ2v) is 3.25. The highest BCUT2D eigenvalue weighted by Gasteiger charge is 2.13. The second kappa shape index (κ2) is 6.31. The average Bonchev–Trinajstić information content (AvgIpc) is 2.16. The Labute approximate surface area is 97.5 Å². The van der Waals surface area contributed by atoms with Crippen molar-refractivity contribution in [2.24, 2.45) is 5.73 Å². The van der Waals surface area contributed by atoms with E-state index in [1.54, 1.807) is 0 Å². The highest BCUT2D eigenvalue weighted by molar-refractivity contribution is 8.13. The molecule has 0 aromatic carbocycles. The van der Waals surface area contributed by atoms with E-state index in [0.29, 0.717) is 16.5 Å². The molecule has 0 amide bonds. The molecule has 0 unspecified atom stereocenters. The van der Waals surface area contributed by atoms with E-state index < -0.39 is 0 Å². The number of amidine groups is 1. The summed E-state index contributed by atoms with van der Waals surface area (Å²) in [7, 11) is 2.99. The maximum Gasteiger partial charge on any atom is 0.197 e. The van der Waals surface area contributed by atoms with Gasteiger partial charge in [0, 0.05) is 0 Å². The van der Waals surface area contributed by atoms with Gasteiger partial charge in [-0.15, -0.1) is 17.5 Å². The zero-order valence-corrected chi connectivity index (χ0v) is 9.82. The third kappa shape index (κ3) is 3.45. The SMILES string of the molecule is COc1cnnc(SC(=N)N)c1OC.Cl. The minimum atomic E-state index is -0.0779. The smallest absolute Gasteiger partial charge is 0.197 e. The van der Waals surface area contributed by atoms with Crippen molar-refractivity contribution in [3.05, 3.63) is 6.20 Å². The first-order valence-corrected chi connectivity index (χ1v) is 4.46. The standard InChI is InChI=1S/C7H10N4O2S.ClH/c1-12-4-3-10-11-6(5(4)13-2)14-7(8)9;/h3H,1-2H3,(H3,8,9);1H. The van der Waals surface area contributed by atoms with E-state index in [1.807, 2.05) is 0 Å². The lowest BCUT2D eigenvalue weighted by atomic mass is 10.5. The van der Waals surface area contributed by atoms with Gasteiger partial charge in [-0.1, -0.05) is 0 Å². The van der Waals surface area contributed by atoms with E-state index >= 15 is 0 Å². The van der Waals surface area contributed by atoms with Gasteiger partial charge in [-0.3, -0.25) is 5.41 Å². The Bertz CT molecular complexity index is 350. The van der Waals surface area contributed by atoms with Crippen LogP contribution in [0, 0.1) is 5.41 Å². The van der Waals surface area contributed by atoms with E-state index in [0.717, 1.165) is 11.8 Å². The number of hydrogen-bond donors (Lipinski definition) is 2. The average molecular weight is 251 g/mol. The Morgan fingerprint density at radius 1 is 1.47 bits per heavy atom. The molecule has 0 spiro atoms. The van der Waals surface area contributed by atoms with Crippen molar-refractivity contribution in [2.45, 2.75) is 5.03 Å². The highest BCUT2D eigenvalue weighted by Crippen LogP contribution is 2.34. The summed E-state index contributed by atoms with van der Waals surface area (Å²) >= 11 is 0.962. The van der Waals surface area contributed by atoms with Crippen molar-refractivity contribution in [3.63, 3.8) is 0 Å². The van der Waals surface area contributed by atoms with Crippen LogP contribution in [0.15, 0.2) is 11.2 Å². The third-order valence-electron chi connectivity index (χ3n) is 1.37. The molecule has 6 nitrogen and oxygen atoms in total. The Kier molecular flexibility index (Phi) is 5.80. The number of halogens is 1. The molecule has 0 saturated carbocycles. The van der Waals surface area contributed by atoms with Crippen LogP contribution in [0.3, 0.4) is 0 Å². The minimum Gasteiger partial charge on any atom is -0.491 e. The van der Waals surface area contributed by atoms with Gasteiger partial charge >= 0.3 is 0 Å². The first-order chi connectivity index (χ1) is 6.69. The topological polar surface area (TPSA) is 94.1 Å². The van der Waals surface area contributed by atoms with E-state index in [4.69, 9.17) is 20.6 Å². The van der Waals surface area contributed by atoms with Crippen LogP contribution in [0.1, 0.15) is 0 Å². The van der Waals surface area contributed by atoms with Crippen LogP contribution in [0.4, 0.5) is 0 Å². The number of aromatic nitrogens is 2. The first kappa shape index (κ1) is 13.8. The molecule has 0 atom stereocenters. The van der Waals surface area contributed by atoms with Gasteiger partial charge in [-0.25, -0.2) is 0 Å². The quantitative estimate of drug-likeness (QED) is 0.470. The fourth-order valence-corrected chi connectivity index (χ4v) is 1.42. The summed E-state index contributed by atoms with van der Waals surface area (Å²) in [6.07, 6.45) is 1.43. The van der Waals surface area contributed by atoms with E-state index in [1.165, 1.54) is 20.4 Å². The van der Waals surface area contributed by atoms with Crippen LogP contribution >= 0.6 is 24.2 Å². The molecule has 0 aliphatic heterocycles. The largest absolute Gasteiger partial charge is 0.491 e. The molecule has 0 radical (unpaired) electrons. The molecule has 15 heavy (non-hydrogen) atoms. The van der Waals surface area contributed by atoms with Crippen molar-refractivity contribution in [2.75, 3.05) is 14.2 Å². The molecule has 0 aliphatic carbocycles. The van der Waals surface area contributed by atoms with Crippen LogP contribution in [0.2, 0.25) is 0 Å². The molecule has 1 aromatic rings. The maximum absolute atomic E-state index is 7.11. The maximum atomic E-state index is 7.11. The van der Waals surface area contributed by atoms with Crippen molar-refractivity contribution in [3.8, 4) is 11.5 Å². The molecular formula is C7H11ClN4O2S. The molecule has 1 aromatic heterocycles. The molecule has 84 valence electrons. The molecule has 1 rings (SSSR count). The Hall–Kier alpha value is -1.21. The normalized spacial score (nSPS) is 8.93. The number of nitrogens with one attached hydrogen (secondary N) is 1. The molecular weight excluding hydrogens is 240 g/mol. The Balaban J connectivity index is 0.00000196. The number of rotatable bonds is 3. The monoisotopic (exact) mass is 250 g/mol. The number of thioether (sulfide) groups is 1. The van der Waals surface area contributed by atoms with E-state index in [2.05, 4.69) is 10.2 Å². The Morgan fingerprint density at radius 2 is 2.13 bits per heavy atom. The van der Waals surface area contributed by atoms with Crippen molar-refractivity contribution < 1.29 is 9.47 Å². The summed E-state index contributed by atoms with van der Waals surface area (Å²) in [5.41, 5.74) is 5.22. The number of nitrogens with zero attached hydrogens (tertiary/aromatic N) is 2.